The van der Waals surface area contributed by atoms with Crippen molar-refractivity contribution in [3.8, 4) is 0 Å². The molecule has 0 aromatic rings. The smallest absolute Gasteiger partial charge is 0.407 e. The van der Waals surface area contributed by atoms with E-state index in [2.05, 4.69) is 41.3 Å². The van der Waals surface area contributed by atoms with Crippen LogP contribution in [0, 0.1) is 5.41 Å². The second-order valence-corrected chi connectivity index (χ2v) is 7.85. The van der Waals surface area contributed by atoms with Crippen LogP contribution in [0.3, 0.4) is 0 Å². The van der Waals surface area contributed by atoms with E-state index in [1.165, 1.54) is 6.42 Å². The molecule has 0 spiro atoms. The second-order valence-electron chi connectivity index (χ2n) is 7.85. The molecule has 0 saturated carbocycles. The van der Waals surface area contributed by atoms with Crippen LogP contribution in [0.4, 0.5) is 4.79 Å². The topological polar surface area (TPSA) is 66.0 Å². The number of likely N-dealkylation sites (tertiary alicyclic amines) is 1. The van der Waals surface area contributed by atoms with Gasteiger partial charge in [0.05, 0.1) is 0 Å². The molecule has 24 heavy (non-hydrogen) atoms. The summed E-state index contributed by atoms with van der Waals surface area (Å²) < 4.78 is 5.20. The van der Waals surface area contributed by atoms with Crippen LogP contribution >= 0.6 is 24.0 Å². The maximum absolute atomic E-state index is 11.5. The van der Waals surface area contributed by atoms with E-state index < -0.39 is 5.60 Å². The first-order valence-electron chi connectivity index (χ1n) is 8.63. The monoisotopic (exact) mass is 454 g/mol. The minimum atomic E-state index is -0.455. The van der Waals surface area contributed by atoms with Gasteiger partial charge in [-0.2, -0.15) is 0 Å². The number of amides is 1. The Morgan fingerprint density at radius 1 is 1.29 bits per heavy atom. The third-order valence-electron chi connectivity index (χ3n) is 3.58. The van der Waals surface area contributed by atoms with E-state index in [1.807, 2.05) is 20.8 Å². The molecule has 0 aliphatic carbocycles. The van der Waals surface area contributed by atoms with Gasteiger partial charge in [-0.05, 0) is 46.0 Å². The molecular formula is C17H35IN4O2. The summed E-state index contributed by atoms with van der Waals surface area (Å²) in [6.07, 6.45) is 1.62. The minimum absolute atomic E-state index is 0. The Kier molecular flexibility index (Phi) is 9.99. The van der Waals surface area contributed by atoms with Crippen LogP contribution in [0.1, 0.15) is 54.4 Å². The van der Waals surface area contributed by atoms with E-state index in [9.17, 15) is 4.79 Å². The summed E-state index contributed by atoms with van der Waals surface area (Å²) in [6.45, 7) is 16.5. The first-order valence-corrected chi connectivity index (χ1v) is 8.63. The van der Waals surface area contributed by atoms with Crippen molar-refractivity contribution in [1.82, 2.24) is 15.5 Å². The van der Waals surface area contributed by atoms with Gasteiger partial charge in [-0.3, -0.25) is 4.99 Å². The van der Waals surface area contributed by atoms with Gasteiger partial charge in [0.25, 0.3) is 0 Å². The molecule has 0 unspecified atom stereocenters. The van der Waals surface area contributed by atoms with Crippen LogP contribution in [0.5, 0.6) is 0 Å². The summed E-state index contributed by atoms with van der Waals surface area (Å²) in [4.78, 5) is 18.5. The van der Waals surface area contributed by atoms with E-state index in [0.29, 0.717) is 18.5 Å². The lowest BCUT2D eigenvalue weighted by Gasteiger charge is -2.23. The van der Waals surface area contributed by atoms with Crippen LogP contribution in [-0.2, 0) is 4.74 Å². The largest absolute Gasteiger partial charge is 0.444 e. The van der Waals surface area contributed by atoms with Crippen molar-refractivity contribution in [2.75, 3.05) is 32.7 Å². The lowest BCUT2D eigenvalue weighted by molar-refractivity contribution is 0.0527. The molecule has 1 aliphatic heterocycles. The van der Waals surface area contributed by atoms with Crippen LogP contribution in [0.2, 0.25) is 0 Å². The Hall–Kier alpha value is -0.730. The highest BCUT2D eigenvalue weighted by molar-refractivity contribution is 14.0. The Bertz CT molecular complexity index is 419. The highest BCUT2D eigenvalue weighted by Crippen LogP contribution is 2.28. The standard InChI is InChI=1S/C17H34N4O2.HI/c1-7-18-14(21-12-9-17(5,6)13-21)19-10-8-11-20-15(22)23-16(2,3)4;/h7-13H2,1-6H3,(H,18,19)(H,20,22);1H. The molecule has 1 aliphatic rings. The van der Waals surface area contributed by atoms with Crippen LogP contribution < -0.4 is 10.6 Å². The summed E-state index contributed by atoms with van der Waals surface area (Å²) in [7, 11) is 0. The van der Waals surface area contributed by atoms with Gasteiger partial charge in [-0.15, -0.1) is 24.0 Å². The first kappa shape index (κ1) is 23.3. The van der Waals surface area contributed by atoms with Crippen molar-refractivity contribution in [2.45, 2.75) is 60.0 Å². The average molecular weight is 454 g/mol. The van der Waals surface area contributed by atoms with E-state index in [-0.39, 0.29) is 30.1 Å². The van der Waals surface area contributed by atoms with Gasteiger partial charge in [0.2, 0.25) is 0 Å². The summed E-state index contributed by atoms with van der Waals surface area (Å²) in [5.74, 6) is 0.982. The quantitative estimate of drug-likeness (QED) is 0.290. The molecule has 142 valence electrons. The first-order chi connectivity index (χ1) is 10.6. The number of carbonyl (C=O) groups is 1. The van der Waals surface area contributed by atoms with Crippen LogP contribution in [0.15, 0.2) is 4.99 Å². The molecule has 0 aromatic heterocycles. The van der Waals surface area contributed by atoms with Crippen molar-refractivity contribution >= 4 is 36.0 Å². The Morgan fingerprint density at radius 2 is 1.96 bits per heavy atom. The number of hydrogen-bond donors (Lipinski definition) is 2. The highest BCUT2D eigenvalue weighted by Gasteiger charge is 2.30. The predicted molar refractivity (Wildman–Crippen MR) is 110 cm³/mol. The number of nitrogens with zero attached hydrogens (tertiary/aromatic N) is 2. The fourth-order valence-electron chi connectivity index (χ4n) is 2.49. The number of ether oxygens (including phenoxy) is 1. The van der Waals surface area contributed by atoms with Crippen molar-refractivity contribution in [2.24, 2.45) is 10.4 Å². The van der Waals surface area contributed by atoms with E-state index in [0.717, 1.165) is 32.0 Å². The Labute approximate surface area is 164 Å². The molecule has 1 saturated heterocycles. The van der Waals surface area contributed by atoms with Crippen LogP contribution in [-0.4, -0.2) is 55.3 Å². The molecule has 1 fully saturated rings. The number of hydrogen-bond acceptors (Lipinski definition) is 3. The van der Waals surface area contributed by atoms with E-state index >= 15 is 0 Å². The van der Waals surface area contributed by atoms with E-state index in [1.54, 1.807) is 0 Å². The number of carbonyl (C=O) groups excluding carboxylic acids is 1. The third kappa shape index (κ3) is 9.54. The molecule has 1 rings (SSSR count). The number of guanidine groups is 1. The molecule has 1 amide bonds. The fraction of sp³-hybridized carbons (Fsp3) is 0.882. The number of rotatable bonds is 5. The summed E-state index contributed by atoms with van der Waals surface area (Å²) in [5.41, 5.74) is -0.0997. The molecule has 1 heterocycles. The number of alkyl carbamates (subject to hydrolysis) is 1. The lowest BCUT2D eigenvalue weighted by atomic mass is 9.93. The summed E-state index contributed by atoms with van der Waals surface area (Å²) in [6, 6.07) is 0. The van der Waals surface area contributed by atoms with Crippen LogP contribution in [0.25, 0.3) is 0 Å². The fourth-order valence-corrected chi connectivity index (χ4v) is 2.49. The normalized spacial score (nSPS) is 17.2. The van der Waals surface area contributed by atoms with Gasteiger partial charge in [0.15, 0.2) is 5.96 Å². The maximum Gasteiger partial charge on any atom is 0.407 e. The molecule has 0 bridgehead atoms. The molecule has 0 radical (unpaired) electrons. The third-order valence-corrected chi connectivity index (χ3v) is 3.58. The summed E-state index contributed by atoms with van der Waals surface area (Å²) >= 11 is 0. The van der Waals surface area contributed by atoms with Gasteiger partial charge >= 0.3 is 6.09 Å². The minimum Gasteiger partial charge on any atom is -0.444 e. The zero-order chi connectivity index (χ0) is 17.5. The number of halogens is 1. The van der Waals surface area contributed by atoms with Gasteiger partial charge in [0.1, 0.15) is 5.60 Å². The number of nitrogens with one attached hydrogen (secondary N) is 2. The molecule has 0 atom stereocenters. The van der Waals surface area contributed by atoms with Crippen molar-refractivity contribution in [3.63, 3.8) is 0 Å². The summed E-state index contributed by atoms with van der Waals surface area (Å²) in [5, 5.41) is 6.12. The predicted octanol–water partition coefficient (Wildman–Crippen LogP) is 3.22. The highest BCUT2D eigenvalue weighted by atomic mass is 127. The van der Waals surface area contributed by atoms with Gasteiger partial charge in [-0.1, -0.05) is 13.8 Å². The maximum atomic E-state index is 11.5. The Balaban J connectivity index is 0.00000529. The zero-order valence-electron chi connectivity index (χ0n) is 16.1. The molecular weight excluding hydrogens is 419 g/mol. The van der Waals surface area contributed by atoms with Gasteiger partial charge < -0.3 is 20.3 Å². The number of aliphatic imine (C=N–C) groups is 1. The molecule has 0 aromatic carbocycles. The molecule has 2 N–H and O–H groups in total. The van der Waals surface area contributed by atoms with Crippen molar-refractivity contribution in [1.29, 1.82) is 0 Å². The SMILES string of the molecule is CCNC(=NCCCNC(=O)OC(C)(C)C)N1CCC(C)(C)C1.I. The van der Waals surface area contributed by atoms with E-state index in [4.69, 9.17) is 4.74 Å². The van der Waals surface area contributed by atoms with Gasteiger partial charge in [-0.25, -0.2) is 4.79 Å². The Morgan fingerprint density at radius 3 is 2.46 bits per heavy atom. The lowest BCUT2D eigenvalue weighted by Crippen LogP contribution is -2.41. The zero-order valence-corrected chi connectivity index (χ0v) is 18.4. The molecule has 6 nitrogen and oxygen atoms in total. The molecule has 7 heteroatoms. The van der Waals surface area contributed by atoms with Gasteiger partial charge in [0, 0.05) is 32.7 Å². The second kappa shape index (κ2) is 10.3. The average Bonchev–Trinajstić information content (AvgIpc) is 2.75. The van der Waals surface area contributed by atoms with Crippen molar-refractivity contribution in [3.05, 3.63) is 0 Å². The van der Waals surface area contributed by atoms with Crippen molar-refractivity contribution < 1.29 is 9.53 Å².